The van der Waals surface area contributed by atoms with E-state index in [2.05, 4.69) is 41.3 Å². The Morgan fingerprint density at radius 2 is 2.38 bits per heavy atom. The minimum atomic E-state index is 0.594. The van der Waals surface area contributed by atoms with Gasteiger partial charge in [-0.25, -0.2) is 0 Å². The van der Waals surface area contributed by atoms with E-state index < -0.39 is 0 Å². The molecule has 0 aromatic carbocycles. The van der Waals surface area contributed by atoms with Crippen LogP contribution in [0.3, 0.4) is 0 Å². The molecule has 0 unspecified atom stereocenters. The highest BCUT2D eigenvalue weighted by atomic mass is 32.1. The van der Waals surface area contributed by atoms with Crippen molar-refractivity contribution in [1.82, 2.24) is 15.1 Å². The number of nitrogens with zero attached hydrogens (tertiary/aromatic N) is 3. The zero-order valence-electron chi connectivity index (χ0n) is 8.32. The fourth-order valence-corrected chi connectivity index (χ4v) is 1.32. The van der Waals surface area contributed by atoms with Gasteiger partial charge in [0.2, 0.25) is 5.13 Å². The first kappa shape index (κ1) is 10.4. The van der Waals surface area contributed by atoms with Gasteiger partial charge in [0.25, 0.3) is 0 Å². The van der Waals surface area contributed by atoms with E-state index in [9.17, 15) is 0 Å². The summed E-state index contributed by atoms with van der Waals surface area (Å²) in [6, 6.07) is 0.594. The van der Waals surface area contributed by atoms with Crippen molar-refractivity contribution >= 4 is 16.5 Å². The number of aromatic nitrogens is 2. The normalized spacial score (nSPS) is 11.2. The molecule has 4 nitrogen and oxygen atoms in total. The van der Waals surface area contributed by atoms with Crippen molar-refractivity contribution in [3.63, 3.8) is 0 Å². The lowest BCUT2D eigenvalue weighted by Gasteiger charge is -2.20. The second kappa shape index (κ2) is 5.14. The summed E-state index contributed by atoms with van der Waals surface area (Å²) < 4.78 is 0. The number of anilines is 1. The summed E-state index contributed by atoms with van der Waals surface area (Å²) in [7, 11) is 2.12. The quantitative estimate of drug-likeness (QED) is 0.777. The molecule has 74 valence electrons. The maximum Gasteiger partial charge on any atom is 0.205 e. The number of hydrogen-bond acceptors (Lipinski definition) is 5. The highest BCUT2D eigenvalue weighted by Crippen LogP contribution is 2.06. The molecule has 0 atom stereocenters. The van der Waals surface area contributed by atoms with Crippen molar-refractivity contribution in [3.05, 3.63) is 5.51 Å². The van der Waals surface area contributed by atoms with Crippen molar-refractivity contribution in [3.8, 4) is 0 Å². The summed E-state index contributed by atoms with van der Waals surface area (Å²) in [5.41, 5.74) is 1.73. The lowest BCUT2D eigenvalue weighted by atomic mass is 10.3. The van der Waals surface area contributed by atoms with Crippen LogP contribution in [0, 0.1) is 0 Å². The van der Waals surface area contributed by atoms with Gasteiger partial charge in [0.15, 0.2) is 0 Å². The minimum absolute atomic E-state index is 0.594. The molecular weight excluding hydrogens is 184 g/mol. The Balaban J connectivity index is 2.14. The first-order chi connectivity index (χ1) is 6.20. The molecule has 1 N–H and O–H groups in total. The van der Waals surface area contributed by atoms with E-state index in [1.54, 1.807) is 5.51 Å². The Bertz CT molecular complexity index is 222. The van der Waals surface area contributed by atoms with Crippen LogP contribution in [0.15, 0.2) is 5.51 Å². The molecule has 1 aromatic heterocycles. The molecule has 0 saturated heterocycles. The van der Waals surface area contributed by atoms with Gasteiger partial charge in [-0.05, 0) is 20.9 Å². The monoisotopic (exact) mass is 200 g/mol. The molecule has 5 heteroatoms. The van der Waals surface area contributed by atoms with Gasteiger partial charge >= 0.3 is 0 Å². The Kier molecular flexibility index (Phi) is 4.11. The number of nitrogens with one attached hydrogen (secondary N) is 1. The maximum atomic E-state index is 3.90. The topological polar surface area (TPSA) is 41.0 Å². The zero-order valence-corrected chi connectivity index (χ0v) is 9.14. The lowest BCUT2D eigenvalue weighted by molar-refractivity contribution is 0.284. The van der Waals surface area contributed by atoms with E-state index in [1.807, 2.05) is 0 Å². The Hall–Kier alpha value is -0.680. The second-order valence-electron chi connectivity index (χ2n) is 3.25. The van der Waals surface area contributed by atoms with Gasteiger partial charge in [0, 0.05) is 19.1 Å². The SMILES string of the molecule is CC(C)N(C)CCNc1nncs1. The van der Waals surface area contributed by atoms with Gasteiger partial charge in [-0.15, -0.1) is 10.2 Å². The summed E-state index contributed by atoms with van der Waals surface area (Å²) in [6.45, 7) is 6.32. The van der Waals surface area contributed by atoms with Crippen LogP contribution in [0.4, 0.5) is 5.13 Å². The Labute approximate surface area is 83.0 Å². The average Bonchev–Trinajstić information content (AvgIpc) is 2.56. The molecule has 0 aliphatic rings. The third-order valence-corrected chi connectivity index (χ3v) is 2.63. The standard InChI is InChI=1S/C8H16N4S/c1-7(2)12(3)5-4-9-8-11-10-6-13-8/h6-7H,4-5H2,1-3H3,(H,9,11). The summed E-state index contributed by atoms with van der Waals surface area (Å²) >= 11 is 1.53. The van der Waals surface area contributed by atoms with E-state index in [1.165, 1.54) is 11.3 Å². The fraction of sp³-hybridized carbons (Fsp3) is 0.750. The molecule has 0 amide bonds. The molecule has 0 aliphatic heterocycles. The molecule has 13 heavy (non-hydrogen) atoms. The zero-order chi connectivity index (χ0) is 9.68. The van der Waals surface area contributed by atoms with Crippen LogP contribution in [-0.2, 0) is 0 Å². The van der Waals surface area contributed by atoms with Gasteiger partial charge in [0.05, 0.1) is 0 Å². The van der Waals surface area contributed by atoms with Crippen molar-refractivity contribution in [2.24, 2.45) is 0 Å². The molecule has 0 radical (unpaired) electrons. The highest BCUT2D eigenvalue weighted by molar-refractivity contribution is 7.13. The predicted octanol–water partition coefficient (Wildman–Crippen LogP) is 1.29. The minimum Gasteiger partial charge on any atom is -0.359 e. The van der Waals surface area contributed by atoms with E-state index in [0.29, 0.717) is 6.04 Å². The molecule has 0 aliphatic carbocycles. The van der Waals surface area contributed by atoms with Gasteiger partial charge in [-0.2, -0.15) is 0 Å². The first-order valence-electron chi connectivity index (χ1n) is 4.40. The third-order valence-electron chi connectivity index (χ3n) is 1.98. The van der Waals surface area contributed by atoms with E-state index in [0.717, 1.165) is 18.2 Å². The summed E-state index contributed by atoms with van der Waals surface area (Å²) in [6.07, 6.45) is 0. The molecule has 1 aromatic rings. The van der Waals surface area contributed by atoms with Gasteiger partial charge in [0.1, 0.15) is 5.51 Å². The van der Waals surface area contributed by atoms with Crippen LogP contribution in [-0.4, -0.2) is 41.3 Å². The second-order valence-corrected chi connectivity index (χ2v) is 4.08. The third kappa shape index (κ3) is 3.69. The highest BCUT2D eigenvalue weighted by Gasteiger charge is 2.02. The first-order valence-corrected chi connectivity index (χ1v) is 5.28. The van der Waals surface area contributed by atoms with Crippen LogP contribution in [0.25, 0.3) is 0 Å². The molecule has 0 saturated carbocycles. The van der Waals surface area contributed by atoms with E-state index >= 15 is 0 Å². The Morgan fingerprint density at radius 1 is 1.62 bits per heavy atom. The molecule has 0 bridgehead atoms. The van der Waals surface area contributed by atoms with Crippen LogP contribution in [0.2, 0.25) is 0 Å². The maximum absolute atomic E-state index is 3.90. The van der Waals surface area contributed by atoms with Gasteiger partial charge in [-0.1, -0.05) is 11.3 Å². The summed E-state index contributed by atoms with van der Waals surface area (Å²) in [5.74, 6) is 0. The van der Waals surface area contributed by atoms with Crippen LogP contribution in [0.1, 0.15) is 13.8 Å². The molecule has 1 rings (SSSR count). The van der Waals surface area contributed by atoms with Crippen LogP contribution in [0.5, 0.6) is 0 Å². The van der Waals surface area contributed by atoms with Crippen LogP contribution >= 0.6 is 11.3 Å². The molecule has 0 fully saturated rings. The Morgan fingerprint density at radius 3 is 2.92 bits per heavy atom. The summed E-state index contributed by atoms with van der Waals surface area (Å²) in [4.78, 5) is 2.29. The predicted molar refractivity (Wildman–Crippen MR) is 56.2 cm³/mol. The van der Waals surface area contributed by atoms with Crippen molar-refractivity contribution < 1.29 is 0 Å². The summed E-state index contributed by atoms with van der Waals surface area (Å²) in [5, 5.41) is 11.8. The lowest BCUT2D eigenvalue weighted by Crippen LogP contribution is -2.31. The molecular formula is C8H16N4S. The van der Waals surface area contributed by atoms with Gasteiger partial charge < -0.3 is 10.2 Å². The number of likely N-dealkylation sites (N-methyl/N-ethyl adjacent to an activating group) is 1. The van der Waals surface area contributed by atoms with Crippen molar-refractivity contribution in [1.29, 1.82) is 0 Å². The van der Waals surface area contributed by atoms with E-state index in [4.69, 9.17) is 0 Å². The molecule has 1 heterocycles. The fourth-order valence-electron chi connectivity index (χ4n) is 0.847. The van der Waals surface area contributed by atoms with Crippen LogP contribution < -0.4 is 5.32 Å². The van der Waals surface area contributed by atoms with Crippen molar-refractivity contribution in [2.75, 3.05) is 25.5 Å². The van der Waals surface area contributed by atoms with E-state index in [-0.39, 0.29) is 0 Å². The van der Waals surface area contributed by atoms with Crippen molar-refractivity contribution in [2.45, 2.75) is 19.9 Å². The molecule has 0 spiro atoms. The largest absolute Gasteiger partial charge is 0.359 e. The smallest absolute Gasteiger partial charge is 0.205 e. The average molecular weight is 200 g/mol. The van der Waals surface area contributed by atoms with Gasteiger partial charge in [-0.3, -0.25) is 0 Å². The number of hydrogen-bond donors (Lipinski definition) is 1. The number of rotatable bonds is 5.